The second-order valence-corrected chi connectivity index (χ2v) is 4.97. The Hall–Kier alpha value is -1.59. The van der Waals surface area contributed by atoms with E-state index in [1.807, 2.05) is 12.1 Å². The van der Waals surface area contributed by atoms with Gasteiger partial charge in [0.1, 0.15) is 11.3 Å². The van der Waals surface area contributed by atoms with E-state index in [4.69, 9.17) is 20.7 Å². The van der Waals surface area contributed by atoms with E-state index in [9.17, 15) is 4.79 Å². The molecule has 4 N–H and O–H groups in total. The van der Waals surface area contributed by atoms with E-state index in [0.717, 1.165) is 5.56 Å². The second kappa shape index (κ2) is 6.54. The molecule has 19 heavy (non-hydrogen) atoms. The molecule has 2 unspecified atom stereocenters. The van der Waals surface area contributed by atoms with Crippen molar-refractivity contribution >= 4 is 5.97 Å². The first-order chi connectivity index (χ1) is 8.85. The van der Waals surface area contributed by atoms with Crippen molar-refractivity contribution in [1.29, 1.82) is 0 Å². The largest absolute Gasteiger partial charge is 0.491 e. The number of aliphatic hydroxyl groups is 1. The summed E-state index contributed by atoms with van der Waals surface area (Å²) in [5.41, 5.74) is 5.40. The van der Waals surface area contributed by atoms with Gasteiger partial charge in [-0.25, -0.2) is 0 Å². The maximum Gasteiger partial charge on any atom is 0.323 e. The third kappa shape index (κ3) is 4.89. The van der Waals surface area contributed by atoms with Crippen LogP contribution in [0, 0.1) is 0 Å². The Morgan fingerprint density at radius 3 is 2.47 bits per heavy atom. The highest BCUT2D eigenvalue weighted by Gasteiger charge is 2.30. The molecule has 0 saturated heterocycles. The first-order valence-electron chi connectivity index (χ1n) is 6.24. The summed E-state index contributed by atoms with van der Waals surface area (Å²) < 4.78 is 5.63. The molecule has 0 aliphatic heterocycles. The topological polar surface area (TPSA) is 92.8 Å². The smallest absolute Gasteiger partial charge is 0.323 e. The minimum atomic E-state index is -1.30. The van der Waals surface area contributed by atoms with Gasteiger partial charge in [0.05, 0.1) is 6.10 Å². The molecule has 1 aromatic carbocycles. The molecule has 1 aromatic rings. The lowest BCUT2D eigenvalue weighted by Gasteiger charge is -2.24. The van der Waals surface area contributed by atoms with Crippen LogP contribution < -0.4 is 10.5 Å². The van der Waals surface area contributed by atoms with Gasteiger partial charge in [-0.3, -0.25) is 4.79 Å². The number of hydrogen-bond acceptors (Lipinski definition) is 4. The van der Waals surface area contributed by atoms with Crippen LogP contribution in [0.5, 0.6) is 5.75 Å². The molecule has 0 amide bonds. The van der Waals surface area contributed by atoms with Gasteiger partial charge < -0.3 is 20.7 Å². The Kier molecular flexibility index (Phi) is 5.32. The van der Waals surface area contributed by atoms with E-state index in [-0.39, 0.29) is 19.1 Å². The van der Waals surface area contributed by atoms with Crippen molar-refractivity contribution in [3.8, 4) is 5.75 Å². The number of rotatable bonds is 7. The van der Waals surface area contributed by atoms with E-state index in [1.165, 1.54) is 6.92 Å². The summed E-state index contributed by atoms with van der Waals surface area (Å²) in [6.07, 6.45) is 0.533. The van der Waals surface area contributed by atoms with Crippen molar-refractivity contribution in [3.63, 3.8) is 0 Å². The lowest BCUT2D eigenvalue weighted by Crippen LogP contribution is -2.47. The van der Waals surface area contributed by atoms with Gasteiger partial charge in [-0.1, -0.05) is 12.1 Å². The zero-order valence-electron chi connectivity index (χ0n) is 11.3. The van der Waals surface area contributed by atoms with Crippen LogP contribution in [0.15, 0.2) is 24.3 Å². The van der Waals surface area contributed by atoms with Gasteiger partial charge in [0.2, 0.25) is 0 Å². The second-order valence-electron chi connectivity index (χ2n) is 4.97. The highest BCUT2D eigenvalue weighted by Crippen LogP contribution is 2.18. The molecule has 0 fully saturated rings. The standard InChI is InChI=1S/C14H21NO4/c1-10(9-14(2,15)13(17)18)19-12-5-3-11(4-6-12)7-8-16/h3-6,10,16H,7-9,15H2,1-2H3,(H,17,18). The van der Waals surface area contributed by atoms with Gasteiger partial charge in [0.15, 0.2) is 0 Å². The minimum Gasteiger partial charge on any atom is -0.491 e. The van der Waals surface area contributed by atoms with Crippen LogP contribution in [0.4, 0.5) is 0 Å². The van der Waals surface area contributed by atoms with Gasteiger partial charge in [-0.2, -0.15) is 0 Å². The molecular formula is C14H21NO4. The zero-order valence-corrected chi connectivity index (χ0v) is 11.3. The average molecular weight is 267 g/mol. The number of carboxylic acid groups (broad SMARTS) is 1. The van der Waals surface area contributed by atoms with E-state index < -0.39 is 11.5 Å². The predicted molar refractivity (Wildman–Crippen MR) is 72.2 cm³/mol. The maximum atomic E-state index is 10.9. The number of aliphatic carboxylic acids is 1. The predicted octanol–water partition coefficient (Wildman–Crippen LogP) is 1.18. The molecule has 0 aliphatic rings. The molecule has 0 spiro atoms. The Balaban J connectivity index is 2.57. The van der Waals surface area contributed by atoms with Crippen LogP contribution in [0.2, 0.25) is 0 Å². The summed E-state index contributed by atoms with van der Waals surface area (Å²) in [6, 6.07) is 7.35. The molecule has 0 bridgehead atoms. The van der Waals surface area contributed by atoms with Crippen molar-refractivity contribution in [2.75, 3.05) is 6.61 Å². The van der Waals surface area contributed by atoms with E-state index in [0.29, 0.717) is 12.2 Å². The van der Waals surface area contributed by atoms with E-state index in [2.05, 4.69) is 0 Å². The van der Waals surface area contributed by atoms with Crippen LogP contribution in [-0.2, 0) is 11.2 Å². The minimum absolute atomic E-state index is 0.112. The summed E-state index contributed by atoms with van der Waals surface area (Å²) in [4.78, 5) is 10.9. The van der Waals surface area contributed by atoms with Crippen molar-refractivity contribution in [2.45, 2.75) is 38.3 Å². The molecule has 0 radical (unpaired) electrons. The molecule has 0 aromatic heterocycles. The summed E-state index contributed by atoms with van der Waals surface area (Å²) >= 11 is 0. The highest BCUT2D eigenvalue weighted by atomic mass is 16.5. The average Bonchev–Trinajstić information content (AvgIpc) is 2.31. The number of aliphatic hydroxyl groups excluding tert-OH is 1. The molecule has 0 aliphatic carbocycles. The molecule has 106 valence electrons. The van der Waals surface area contributed by atoms with Gasteiger partial charge in [-0.05, 0) is 38.0 Å². The summed E-state index contributed by atoms with van der Waals surface area (Å²) in [7, 11) is 0. The number of hydrogen-bond donors (Lipinski definition) is 3. The molecule has 1 rings (SSSR count). The number of benzene rings is 1. The van der Waals surface area contributed by atoms with Crippen molar-refractivity contribution in [3.05, 3.63) is 29.8 Å². The third-order valence-corrected chi connectivity index (χ3v) is 2.86. The number of carbonyl (C=O) groups is 1. The fraction of sp³-hybridized carbons (Fsp3) is 0.500. The Morgan fingerprint density at radius 1 is 1.42 bits per heavy atom. The van der Waals surface area contributed by atoms with Crippen molar-refractivity contribution in [1.82, 2.24) is 0 Å². The normalized spacial score (nSPS) is 15.6. The molecule has 0 saturated carbocycles. The summed E-state index contributed by atoms with van der Waals surface area (Å²) in [6.45, 7) is 3.37. The van der Waals surface area contributed by atoms with Gasteiger partial charge >= 0.3 is 5.97 Å². The molecule has 5 heteroatoms. The Morgan fingerprint density at radius 2 is 2.00 bits per heavy atom. The number of carboxylic acids is 1. The van der Waals surface area contributed by atoms with Gasteiger partial charge in [0, 0.05) is 13.0 Å². The third-order valence-electron chi connectivity index (χ3n) is 2.86. The SMILES string of the molecule is CC(CC(C)(N)C(=O)O)Oc1ccc(CCO)cc1. The van der Waals surface area contributed by atoms with Crippen LogP contribution in [0.3, 0.4) is 0 Å². The molecule has 5 nitrogen and oxygen atoms in total. The summed E-state index contributed by atoms with van der Waals surface area (Å²) in [5.74, 6) is -0.378. The van der Waals surface area contributed by atoms with Crippen LogP contribution in [0.25, 0.3) is 0 Å². The van der Waals surface area contributed by atoms with Gasteiger partial charge in [-0.15, -0.1) is 0 Å². The summed E-state index contributed by atoms with van der Waals surface area (Å²) in [5, 5.41) is 17.8. The fourth-order valence-electron chi connectivity index (χ4n) is 1.82. The molecular weight excluding hydrogens is 246 g/mol. The Bertz CT molecular complexity index is 414. The zero-order chi connectivity index (χ0) is 14.5. The fourth-order valence-corrected chi connectivity index (χ4v) is 1.82. The quantitative estimate of drug-likeness (QED) is 0.690. The highest BCUT2D eigenvalue weighted by molar-refractivity contribution is 5.77. The maximum absolute atomic E-state index is 10.9. The lowest BCUT2D eigenvalue weighted by atomic mass is 9.96. The first-order valence-corrected chi connectivity index (χ1v) is 6.24. The Labute approximate surface area is 113 Å². The van der Waals surface area contributed by atoms with Crippen molar-refractivity contribution < 1.29 is 19.7 Å². The lowest BCUT2D eigenvalue weighted by molar-refractivity contribution is -0.143. The monoisotopic (exact) mass is 267 g/mol. The van der Waals surface area contributed by atoms with Crippen LogP contribution in [-0.4, -0.2) is 34.4 Å². The molecule has 2 atom stereocenters. The van der Waals surface area contributed by atoms with Crippen LogP contribution in [0.1, 0.15) is 25.8 Å². The van der Waals surface area contributed by atoms with E-state index >= 15 is 0 Å². The van der Waals surface area contributed by atoms with E-state index in [1.54, 1.807) is 19.1 Å². The van der Waals surface area contributed by atoms with Crippen LogP contribution >= 0.6 is 0 Å². The number of nitrogens with two attached hydrogens (primary N) is 1. The number of ether oxygens (including phenoxy) is 1. The van der Waals surface area contributed by atoms with Crippen molar-refractivity contribution in [2.24, 2.45) is 5.73 Å². The van der Waals surface area contributed by atoms with Gasteiger partial charge in [0.25, 0.3) is 0 Å². The molecule has 0 heterocycles. The first kappa shape index (κ1) is 15.5.